The fourth-order valence-corrected chi connectivity index (χ4v) is 1.81. The molecule has 0 aliphatic carbocycles. The van der Waals surface area contributed by atoms with Crippen molar-refractivity contribution in [1.29, 1.82) is 0 Å². The quantitative estimate of drug-likeness (QED) is 0.767. The van der Waals surface area contributed by atoms with Crippen LogP contribution in [0.1, 0.15) is 6.92 Å². The van der Waals surface area contributed by atoms with Crippen molar-refractivity contribution in [3.05, 3.63) is 29.3 Å². The fraction of sp³-hybridized carbons (Fsp3) is 0.300. The van der Waals surface area contributed by atoms with Crippen molar-refractivity contribution < 1.29 is 0 Å². The maximum atomic E-state index is 5.91. The molecule has 0 fully saturated rings. The van der Waals surface area contributed by atoms with E-state index in [2.05, 4.69) is 11.9 Å². The highest BCUT2D eigenvalue weighted by molar-refractivity contribution is 6.30. The van der Waals surface area contributed by atoms with E-state index in [1.807, 2.05) is 29.2 Å². The first-order valence-corrected chi connectivity index (χ1v) is 4.91. The van der Waals surface area contributed by atoms with E-state index in [1.54, 1.807) is 0 Å². The van der Waals surface area contributed by atoms with Gasteiger partial charge in [0.25, 0.3) is 0 Å². The van der Waals surface area contributed by atoms with Crippen molar-refractivity contribution in [1.82, 2.24) is 0 Å². The minimum atomic E-state index is 0.313. The Morgan fingerprint density at radius 3 is 2.93 bits per heavy atom. The van der Waals surface area contributed by atoms with E-state index in [0.717, 1.165) is 17.3 Å². The number of guanidine groups is 1. The van der Waals surface area contributed by atoms with Gasteiger partial charge in [0.1, 0.15) is 0 Å². The Morgan fingerprint density at radius 1 is 1.57 bits per heavy atom. The van der Waals surface area contributed by atoms with Gasteiger partial charge in [-0.3, -0.25) is 4.99 Å². The van der Waals surface area contributed by atoms with E-state index < -0.39 is 0 Å². The van der Waals surface area contributed by atoms with E-state index in [4.69, 9.17) is 17.3 Å². The van der Waals surface area contributed by atoms with Crippen molar-refractivity contribution in [3.63, 3.8) is 0 Å². The lowest BCUT2D eigenvalue weighted by atomic mass is 10.2. The zero-order chi connectivity index (χ0) is 10.1. The van der Waals surface area contributed by atoms with Crippen molar-refractivity contribution in [2.75, 3.05) is 11.4 Å². The maximum absolute atomic E-state index is 5.91. The Labute approximate surface area is 88.2 Å². The van der Waals surface area contributed by atoms with Crippen LogP contribution in [-0.2, 0) is 0 Å². The molecule has 0 spiro atoms. The second-order valence-electron chi connectivity index (χ2n) is 3.40. The molecule has 14 heavy (non-hydrogen) atoms. The SMILES string of the molecule is CC1CN=C(N)N1c1cccc(Cl)c1. The molecule has 1 unspecified atom stereocenters. The molecule has 0 saturated heterocycles. The lowest BCUT2D eigenvalue weighted by molar-refractivity contribution is 0.784. The molecule has 0 radical (unpaired) electrons. The van der Waals surface area contributed by atoms with Crippen LogP contribution in [0.4, 0.5) is 5.69 Å². The van der Waals surface area contributed by atoms with Gasteiger partial charge in [0.2, 0.25) is 0 Å². The number of hydrogen-bond donors (Lipinski definition) is 1. The number of halogens is 1. The molecule has 4 heteroatoms. The van der Waals surface area contributed by atoms with Crippen LogP contribution in [0.25, 0.3) is 0 Å². The smallest absolute Gasteiger partial charge is 0.196 e. The number of aliphatic imine (C=N–C) groups is 1. The Kier molecular flexibility index (Phi) is 2.33. The normalized spacial score (nSPS) is 21.1. The van der Waals surface area contributed by atoms with Crippen LogP contribution in [0.3, 0.4) is 0 Å². The van der Waals surface area contributed by atoms with Gasteiger partial charge in [-0.1, -0.05) is 17.7 Å². The average Bonchev–Trinajstić information content (AvgIpc) is 2.46. The summed E-state index contributed by atoms with van der Waals surface area (Å²) >= 11 is 5.91. The lowest BCUT2D eigenvalue weighted by Crippen LogP contribution is -2.39. The third kappa shape index (κ3) is 1.55. The highest BCUT2D eigenvalue weighted by Gasteiger charge is 2.23. The Balaban J connectivity index is 2.35. The average molecular weight is 210 g/mol. The van der Waals surface area contributed by atoms with Crippen LogP contribution in [0.5, 0.6) is 0 Å². The molecule has 0 amide bonds. The first-order valence-electron chi connectivity index (χ1n) is 4.53. The molecule has 3 nitrogen and oxygen atoms in total. The topological polar surface area (TPSA) is 41.6 Å². The van der Waals surface area contributed by atoms with Gasteiger partial charge in [0.05, 0.1) is 12.6 Å². The predicted molar refractivity (Wildman–Crippen MR) is 59.9 cm³/mol. The Bertz CT molecular complexity index is 375. The van der Waals surface area contributed by atoms with Crippen molar-refractivity contribution in [3.8, 4) is 0 Å². The van der Waals surface area contributed by atoms with Crippen LogP contribution in [0.15, 0.2) is 29.3 Å². The Hall–Kier alpha value is -1.22. The summed E-state index contributed by atoms with van der Waals surface area (Å²) in [5.41, 5.74) is 6.79. The molecule has 1 aromatic carbocycles. The summed E-state index contributed by atoms with van der Waals surface area (Å²) in [6.07, 6.45) is 0. The lowest BCUT2D eigenvalue weighted by Gasteiger charge is -2.23. The molecule has 0 bridgehead atoms. The largest absolute Gasteiger partial charge is 0.370 e. The molecule has 0 saturated carbocycles. The standard InChI is InChI=1S/C10H12ClN3/c1-7-6-13-10(12)14(7)9-4-2-3-8(11)5-9/h2-5,7H,6H2,1H3,(H2,12,13). The van der Waals surface area contributed by atoms with Gasteiger partial charge in [-0.05, 0) is 25.1 Å². The third-order valence-corrected chi connectivity index (χ3v) is 2.53. The fourth-order valence-electron chi connectivity index (χ4n) is 1.62. The van der Waals surface area contributed by atoms with Gasteiger partial charge in [-0.15, -0.1) is 0 Å². The first kappa shape index (κ1) is 9.34. The summed E-state index contributed by atoms with van der Waals surface area (Å²) in [6.45, 7) is 2.84. The van der Waals surface area contributed by atoms with Gasteiger partial charge in [-0.25, -0.2) is 0 Å². The first-order chi connectivity index (χ1) is 6.68. The molecule has 1 aliphatic rings. The number of nitrogens with zero attached hydrogens (tertiary/aromatic N) is 2. The minimum Gasteiger partial charge on any atom is -0.370 e. The van der Waals surface area contributed by atoms with Crippen molar-refractivity contribution in [2.45, 2.75) is 13.0 Å². The van der Waals surface area contributed by atoms with E-state index in [0.29, 0.717) is 12.0 Å². The number of anilines is 1. The summed E-state index contributed by atoms with van der Waals surface area (Å²) in [5, 5.41) is 0.717. The van der Waals surface area contributed by atoms with Crippen LogP contribution in [-0.4, -0.2) is 18.5 Å². The molecular formula is C10H12ClN3. The van der Waals surface area contributed by atoms with Gasteiger partial charge in [-0.2, -0.15) is 0 Å². The third-order valence-electron chi connectivity index (χ3n) is 2.29. The molecular weight excluding hydrogens is 198 g/mol. The molecule has 74 valence electrons. The molecule has 1 heterocycles. The number of benzene rings is 1. The minimum absolute atomic E-state index is 0.313. The van der Waals surface area contributed by atoms with E-state index >= 15 is 0 Å². The molecule has 1 atom stereocenters. The number of hydrogen-bond acceptors (Lipinski definition) is 3. The predicted octanol–water partition coefficient (Wildman–Crippen LogP) is 1.86. The van der Waals surface area contributed by atoms with Crippen LogP contribution < -0.4 is 10.6 Å². The second kappa shape index (κ2) is 3.50. The van der Waals surface area contributed by atoms with Crippen molar-refractivity contribution >= 4 is 23.2 Å². The van der Waals surface area contributed by atoms with E-state index in [-0.39, 0.29) is 0 Å². The number of nitrogens with two attached hydrogens (primary N) is 1. The van der Waals surface area contributed by atoms with E-state index in [9.17, 15) is 0 Å². The molecule has 2 N–H and O–H groups in total. The summed E-state index contributed by atoms with van der Waals surface area (Å²) in [5.74, 6) is 0.569. The van der Waals surface area contributed by atoms with Gasteiger partial charge in [0.15, 0.2) is 5.96 Å². The summed E-state index contributed by atoms with van der Waals surface area (Å²) in [7, 11) is 0. The molecule has 1 aromatic rings. The van der Waals surface area contributed by atoms with Crippen LogP contribution in [0, 0.1) is 0 Å². The highest BCUT2D eigenvalue weighted by atomic mass is 35.5. The summed E-state index contributed by atoms with van der Waals surface area (Å²) in [4.78, 5) is 6.17. The van der Waals surface area contributed by atoms with Gasteiger partial charge < -0.3 is 10.6 Å². The van der Waals surface area contributed by atoms with E-state index in [1.165, 1.54) is 0 Å². The van der Waals surface area contributed by atoms with Gasteiger partial charge in [0, 0.05) is 10.7 Å². The summed E-state index contributed by atoms with van der Waals surface area (Å²) < 4.78 is 0. The Morgan fingerprint density at radius 2 is 2.36 bits per heavy atom. The second-order valence-corrected chi connectivity index (χ2v) is 3.83. The monoisotopic (exact) mass is 209 g/mol. The highest BCUT2D eigenvalue weighted by Crippen LogP contribution is 2.23. The van der Waals surface area contributed by atoms with Crippen LogP contribution >= 0.6 is 11.6 Å². The molecule has 1 aliphatic heterocycles. The molecule has 2 rings (SSSR count). The number of rotatable bonds is 1. The summed E-state index contributed by atoms with van der Waals surface area (Å²) in [6, 6.07) is 7.95. The van der Waals surface area contributed by atoms with Crippen LogP contribution in [0.2, 0.25) is 5.02 Å². The maximum Gasteiger partial charge on any atom is 0.196 e. The zero-order valence-electron chi connectivity index (χ0n) is 7.94. The van der Waals surface area contributed by atoms with Gasteiger partial charge >= 0.3 is 0 Å². The van der Waals surface area contributed by atoms with Crippen molar-refractivity contribution in [2.24, 2.45) is 10.7 Å². The molecule has 0 aromatic heterocycles. The zero-order valence-corrected chi connectivity index (χ0v) is 8.70.